The number of nitrogens with one attached hydrogen (secondary N) is 1. The Hall–Kier alpha value is -1.10. The predicted molar refractivity (Wildman–Crippen MR) is 59.6 cm³/mol. The summed E-state index contributed by atoms with van der Waals surface area (Å²) in [6, 6.07) is -0.484. The number of aliphatic hydroxyl groups excluding tert-OH is 1. The Morgan fingerprint density at radius 2 is 2.06 bits per heavy atom. The van der Waals surface area contributed by atoms with E-state index in [1.807, 2.05) is 13.8 Å². The molecule has 1 aliphatic heterocycles. The number of likely N-dealkylation sites (tertiary alicyclic amines) is 1. The molecule has 92 valence electrons. The van der Waals surface area contributed by atoms with Crippen molar-refractivity contribution in [3.05, 3.63) is 0 Å². The summed E-state index contributed by atoms with van der Waals surface area (Å²) in [5, 5.41) is 12.0. The first-order valence-electron chi connectivity index (χ1n) is 5.65. The zero-order chi connectivity index (χ0) is 12.3. The van der Waals surface area contributed by atoms with E-state index in [9.17, 15) is 14.7 Å². The minimum Gasteiger partial charge on any atom is -0.391 e. The van der Waals surface area contributed by atoms with Gasteiger partial charge in [-0.05, 0) is 12.3 Å². The fourth-order valence-electron chi connectivity index (χ4n) is 1.87. The van der Waals surface area contributed by atoms with Gasteiger partial charge in [0.05, 0.1) is 6.10 Å². The van der Waals surface area contributed by atoms with E-state index in [1.54, 1.807) is 4.90 Å². The lowest BCUT2D eigenvalue weighted by Gasteiger charge is -2.26. The van der Waals surface area contributed by atoms with Gasteiger partial charge < -0.3 is 15.3 Å². The maximum atomic E-state index is 12.1. The van der Waals surface area contributed by atoms with Crippen LogP contribution in [0.25, 0.3) is 0 Å². The molecule has 0 bridgehead atoms. The van der Waals surface area contributed by atoms with Crippen molar-refractivity contribution in [1.29, 1.82) is 0 Å². The molecule has 0 aromatic heterocycles. The molecule has 1 rings (SSSR count). The molecule has 16 heavy (non-hydrogen) atoms. The summed E-state index contributed by atoms with van der Waals surface area (Å²) in [7, 11) is 0. The van der Waals surface area contributed by atoms with Crippen molar-refractivity contribution in [3.63, 3.8) is 0 Å². The summed E-state index contributed by atoms with van der Waals surface area (Å²) < 4.78 is 0. The van der Waals surface area contributed by atoms with Gasteiger partial charge in [-0.1, -0.05) is 13.8 Å². The van der Waals surface area contributed by atoms with E-state index in [4.69, 9.17) is 0 Å². The zero-order valence-electron chi connectivity index (χ0n) is 10.1. The molecule has 0 spiro atoms. The second-order valence-corrected chi connectivity index (χ2v) is 4.65. The molecule has 0 saturated carbocycles. The Bertz CT molecular complexity index is 278. The summed E-state index contributed by atoms with van der Waals surface area (Å²) in [6.07, 6.45) is 0.200. The third-order valence-corrected chi connectivity index (χ3v) is 2.77. The smallest absolute Gasteiger partial charge is 0.245 e. The second kappa shape index (κ2) is 5.30. The lowest BCUT2D eigenvalue weighted by molar-refractivity contribution is -0.136. The van der Waals surface area contributed by atoms with Crippen molar-refractivity contribution in [3.8, 4) is 0 Å². The Balaban J connectivity index is 2.63. The summed E-state index contributed by atoms with van der Waals surface area (Å²) in [5.74, 6) is -0.248. The van der Waals surface area contributed by atoms with Crippen LogP contribution in [0.3, 0.4) is 0 Å². The van der Waals surface area contributed by atoms with Crippen molar-refractivity contribution in [1.82, 2.24) is 10.2 Å². The summed E-state index contributed by atoms with van der Waals surface area (Å²) >= 11 is 0. The number of hydrogen-bond donors (Lipinski definition) is 2. The molecule has 0 aromatic rings. The van der Waals surface area contributed by atoms with Gasteiger partial charge in [-0.15, -0.1) is 0 Å². The molecule has 5 nitrogen and oxygen atoms in total. The fraction of sp³-hybridized carbons (Fsp3) is 0.818. The van der Waals surface area contributed by atoms with Gasteiger partial charge in [0.1, 0.15) is 6.04 Å². The Labute approximate surface area is 95.8 Å². The molecule has 5 heteroatoms. The van der Waals surface area contributed by atoms with Crippen molar-refractivity contribution >= 4 is 11.8 Å². The molecule has 2 atom stereocenters. The number of rotatable bonds is 3. The van der Waals surface area contributed by atoms with Crippen molar-refractivity contribution in [2.24, 2.45) is 5.92 Å². The van der Waals surface area contributed by atoms with Crippen LogP contribution in [0, 0.1) is 5.92 Å². The second-order valence-electron chi connectivity index (χ2n) is 4.65. The van der Waals surface area contributed by atoms with Gasteiger partial charge in [-0.25, -0.2) is 0 Å². The molecule has 2 unspecified atom stereocenters. The molecule has 0 aromatic carbocycles. The lowest BCUT2D eigenvalue weighted by atomic mass is 10.0. The van der Waals surface area contributed by atoms with Crippen LogP contribution in [0.1, 0.15) is 27.2 Å². The largest absolute Gasteiger partial charge is 0.391 e. The average molecular weight is 228 g/mol. The summed E-state index contributed by atoms with van der Waals surface area (Å²) in [4.78, 5) is 24.7. The predicted octanol–water partition coefficient (Wildman–Crippen LogP) is -0.260. The van der Waals surface area contributed by atoms with Crippen LogP contribution < -0.4 is 5.32 Å². The van der Waals surface area contributed by atoms with E-state index in [1.165, 1.54) is 6.92 Å². The van der Waals surface area contributed by atoms with Crippen LogP contribution in [0.15, 0.2) is 0 Å². The van der Waals surface area contributed by atoms with Crippen LogP contribution >= 0.6 is 0 Å². The minimum absolute atomic E-state index is 0.0501. The van der Waals surface area contributed by atoms with Gasteiger partial charge in [0.15, 0.2) is 0 Å². The highest BCUT2D eigenvalue weighted by Crippen LogP contribution is 2.13. The van der Waals surface area contributed by atoms with Crippen LogP contribution in [0.2, 0.25) is 0 Å². The maximum Gasteiger partial charge on any atom is 0.245 e. The summed E-state index contributed by atoms with van der Waals surface area (Å²) in [6.45, 7) is 6.14. The van der Waals surface area contributed by atoms with E-state index >= 15 is 0 Å². The number of amides is 2. The standard InChI is InChI=1S/C11H20N2O3/c1-7(2)10(12-8(3)14)11(16)13-5-4-9(15)6-13/h7,9-10,15H,4-6H2,1-3H3,(H,12,14). The average Bonchev–Trinajstić information content (AvgIpc) is 2.59. The van der Waals surface area contributed by atoms with Crippen molar-refractivity contribution in [2.45, 2.75) is 39.3 Å². The van der Waals surface area contributed by atoms with Gasteiger partial charge in [0.25, 0.3) is 0 Å². The highest BCUT2D eigenvalue weighted by Gasteiger charge is 2.31. The van der Waals surface area contributed by atoms with E-state index in [-0.39, 0.29) is 17.7 Å². The topological polar surface area (TPSA) is 69.6 Å². The van der Waals surface area contributed by atoms with Gasteiger partial charge in [0.2, 0.25) is 11.8 Å². The van der Waals surface area contributed by atoms with Crippen molar-refractivity contribution in [2.75, 3.05) is 13.1 Å². The van der Waals surface area contributed by atoms with Crippen LogP contribution in [-0.2, 0) is 9.59 Å². The Morgan fingerprint density at radius 3 is 2.44 bits per heavy atom. The SMILES string of the molecule is CC(=O)NC(C(=O)N1CCC(O)C1)C(C)C. The first-order valence-corrected chi connectivity index (χ1v) is 5.65. The van der Waals surface area contributed by atoms with Gasteiger partial charge >= 0.3 is 0 Å². The molecule has 2 amide bonds. The minimum atomic E-state index is -0.484. The molecule has 2 N–H and O–H groups in total. The van der Waals surface area contributed by atoms with E-state index < -0.39 is 12.1 Å². The fourth-order valence-corrected chi connectivity index (χ4v) is 1.87. The van der Waals surface area contributed by atoms with Gasteiger partial charge in [-0.2, -0.15) is 0 Å². The molecule has 1 fully saturated rings. The van der Waals surface area contributed by atoms with E-state index in [2.05, 4.69) is 5.32 Å². The number of hydrogen-bond acceptors (Lipinski definition) is 3. The normalized spacial score (nSPS) is 22.3. The Kier molecular flexibility index (Phi) is 4.29. The van der Waals surface area contributed by atoms with Gasteiger partial charge in [0, 0.05) is 20.0 Å². The number of β-amino-alcohol motifs (C(OH)–C–C–N with tert-alkyl or cyclic N) is 1. The maximum absolute atomic E-state index is 12.1. The molecule has 0 radical (unpaired) electrons. The van der Waals surface area contributed by atoms with Crippen LogP contribution in [-0.4, -0.2) is 47.1 Å². The number of carbonyl (C=O) groups is 2. The summed E-state index contributed by atoms with van der Waals surface area (Å²) in [5.41, 5.74) is 0. The van der Waals surface area contributed by atoms with Gasteiger partial charge in [-0.3, -0.25) is 9.59 Å². The van der Waals surface area contributed by atoms with E-state index in [0.29, 0.717) is 19.5 Å². The molecular weight excluding hydrogens is 208 g/mol. The molecule has 0 aliphatic carbocycles. The molecule has 1 heterocycles. The monoisotopic (exact) mass is 228 g/mol. The van der Waals surface area contributed by atoms with Crippen molar-refractivity contribution < 1.29 is 14.7 Å². The molecular formula is C11H20N2O3. The van der Waals surface area contributed by atoms with Crippen LogP contribution in [0.5, 0.6) is 0 Å². The van der Waals surface area contributed by atoms with E-state index in [0.717, 1.165) is 0 Å². The zero-order valence-corrected chi connectivity index (χ0v) is 10.1. The molecule has 1 saturated heterocycles. The van der Waals surface area contributed by atoms with Crippen LogP contribution in [0.4, 0.5) is 0 Å². The third-order valence-electron chi connectivity index (χ3n) is 2.77. The first kappa shape index (κ1) is 13.0. The number of aliphatic hydroxyl groups is 1. The number of nitrogens with zero attached hydrogens (tertiary/aromatic N) is 1. The Morgan fingerprint density at radius 1 is 1.44 bits per heavy atom. The first-order chi connectivity index (χ1) is 7.41. The molecule has 1 aliphatic rings. The highest BCUT2D eigenvalue weighted by atomic mass is 16.3. The number of carbonyl (C=O) groups excluding carboxylic acids is 2. The lowest BCUT2D eigenvalue weighted by Crippen LogP contribution is -2.50. The highest BCUT2D eigenvalue weighted by molar-refractivity contribution is 5.87. The third kappa shape index (κ3) is 3.20. The quantitative estimate of drug-likeness (QED) is 0.699.